The molecule has 2 heteroatoms. The molecule has 3 rings (SSSR count). The standard InChI is InChI=1S/C14H11NO/c1-2-6-13-12(5-1)10-16-14(13)8-11-4-3-7-15-9-11/h1-9H,10H2. The molecule has 0 amide bonds. The van der Waals surface area contributed by atoms with Crippen molar-refractivity contribution in [2.45, 2.75) is 6.61 Å². The zero-order chi connectivity index (χ0) is 10.8. The van der Waals surface area contributed by atoms with Gasteiger partial charge in [-0.05, 0) is 17.7 Å². The van der Waals surface area contributed by atoms with Crippen molar-refractivity contribution in [3.05, 3.63) is 65.5 Å². The summed E-state index contributed by atoms with van der Waals surface area (Å²) in [4.78, 5) is 4.08. The quantitative estimate of drug-likeness (QED) is 0.720. The summed E-state index contributed by atoms with van der Waals surface area (Å²) >= 11 is 0. The third-order valence-corrected chi connectivity index (χ3v) is 2.65. The van der Waals surface area contributed by atoms with Crippen LogP contribution < -0.4 is 0 Å². The van der Waals surface area contributed by atoms with E-state index in [1.807, 2.05) is 36.5 Å². The normalized spacial score (nSPS) is 15.9. The largest absolute Gasteiger partial charge is 0.488 e. The summed E-state index contributed by atoms with van der Waals surface area (Å²) in [5.74, 6) is 0.934. The van der Waals surface area contributed by atoms with Crippen molar-refractivity contribution >= 4 is 11.8 Å². The summed E-state index contributed by atoms with van der Waals surface area (Å²) in [6.07, 6.45) is 5.63. The van der Waals surface area contributed by atoms with Gasteiger partial charge in [0.1, 0.15) is 12.4 Å². The molecule has 0 N–H and O–H groups in total. The fourth-order valence-electron chi connectivity index (χ4n) is 1.85. The van der Waals surface area contributed by atoms with E-state index >= 15 is 0 Å². The van der Waals surface area contributed by atoms with Crippen LogP contribution in [0, 0.1) is 0 Å². The Morgan fingerprint density at radius 1 is 1.12 bits per heavy atom. The summed E-state index contributed by atoms with van der Waals surface area (Å²) in [6, 6.07) is 12.2. The molecule has 0 aliphatic carbocycles. The van der Waals surface area contributed by atoms with Gasteiger partial charge in [-0.25, -0.2) is 0 Å². The van der Waals surface area contributed by atoms with Crippen molar-refractivity contribution in [2.75, 3.05) is 0 Å². The van der Waals surface area contributed by atoms with E-state index in [4.69, 9.17) is 4.74 Å². The molecule has 1 aliphatic heterocycles. The van der Waals surface area contributed by atoms with Gasteiger partial charge in [-0.2, -0.15) is 0 Å². The van der Waals surface area contributed by atoms with Crippen LogP contribution in [0.2, 0.25) is 0 Å². The third-order valence-electron chi connectivity index (χ3n) is 2.65. The van der Waals surface area contributed by atoms with Gasteiger partial charge in [0.2, 0.25) is 0 Å². The second-order valence-corrected chi connectivity index (χ2v) is 3.74. The number of aromatic nitrogens is 1. The van der Waals surface area contributed by atoms with Crippen molar-refractivity contribution in [2.24, 2.45) is 0 Å². The lowest BCUT2D eigenvalue weighted by Gasteiger charge is -1.99. The zero-order valence-electron chi connectivity index (χ0n) is 8.76. The maximum Gasteiger partial charge on any atom is 0.128 e. The van der Waals surface area contributed by atoms with Crippen molar-refractivity contribution in [3.8, 4) is 0 Å². The fraction of sp³-hybridized carbons (Fsp3) is 0.0714. The lowest BCUT2D eigenvalue weighted by atomic mass is 10.1. The molecule has 1 aliphatic rings. The molecule has 0 saturated heterocycles. The molecule has 16 heavy (non-hydrogen) atoms. The monoisotopic (exact) mass is 209 g/mol. The van der Waals surface area contributed by atoms with Gasteiger partial charge < -0.3 is 4.74 Å². The van der Waals surface area contributed by atoms with Gasteiger partial charge >= 0.3 is 0 Å². The van der Waals surface area contributed by atoms with Gasteiger partial charge in [-0.3, -0.25) is 4.98 Å². The molecule has 2 aromatic rings. The SMILES string of the molecule is C(=C1OCc2ccccc21)c1cccnc1. The maximum atomic E-state index is 5.66. The average Bonchev–Trinajstić information content (AvgIpc) is 2.74. The van der Waals surface area contributed by atoms with Crippen LogP contribution in [-0.4, -0.2) is 4.98 Å². The molecule has 2 heterocycles. The van der Waals surface area contributed by atoms with E-state index in [1.54, 1.807) is 6.20 Å². The van der Waals surface area contributed by atoms with Crippen LogP contribution in [0.1, 0.15) is 16.7 Å². The van der Waals surface area contributed by atoms with E-state index in [1.165, 1.54) is 11.1 Å². The average molecular weight is 209 g/mol. The Hall–Kier alpha value is -2.09. The Kier molecular flexibility index (Phi) is 2.18. The van der Waals surface area contributed by atoms with Crippen LogP contribution in [0.3, 0.4) is 0 Å². The molecule has 0 saturated carbocycles. The molecule has 0 unspecified atom stereocenters. The molecular weight excluding hydrogens is 198 g/mol. The first-order valence-corrected chi connectivity index (χ1v) is 5.26. The first kappa shape index (κ1) is 9.16. The van der Waals surface area contributed by atoms with Crippen molar-refractivity contribution in [1.82, 2.24) is 4.98 Å². The minimum Gasteiger partial charge on any atom is -0.488 e. The van der Waals surface area contributed by atoms with Gasteiger partial charge in [-0.15, -0.1) is 0 Å². The fourth-order valence-corrected chi connectivity index (χ4v) is 1.85. The number of hydrogen-bond acceptors (Lipinski definition) is 2. The molecule has 0 fully saturated rings. The van der Waals surface area contributed by atoms with Gasteiger partial charge in [0.15, 0.2) is 0 Å². The molecule has 0 bridgehead atoms. The number of hydrogen-bond donors (Lipinski definition) is 0. The first-order chi connectivity index (χ1) is 7.93. The van der Waals surface area contributed by atoms with Crippen LogP contribution in [0.15, 0.2) is 48.8 Å². The van der Waals surface area contributed by atoms with Gasteiger partial charge in [0.25, 0.3) is 0 Å². The number of rotatable bonds is 1. The zero-order valence-corrected chi connectivity index (χ0v) is 8.76. The van der Waals surface area contributed by atoms with Crippen molar-refractivity contribution in [1.29, 1.82) is 0 Å². The smallest absolute Gasteiger partial charge is 0.128 e. The number of nitrogens with zero attached hydrogens (tertiary/aromatic N) is 1. The predicted octanol–water partition coefficient (Wildman–Crippen LogP) is 3.11. The Morgan fingerprint density at radius 3 is 2.94 bits per heavy atom. The predicted molar refractivity (Wildman–Crippen MR) is 63.3 cm³/mol. The Labute approximate surface area is 94.2 Å². The molecule has 1 aromatic carbocycles. The highest BCUT2D eigenvalue weighted by molar-refractivity contribution is 5.80. The molecular formula is C14H11NO. The van der Waals surface area contributed by atoms with Crippen LogP contribution >= 0.6 is 0 Å². The molecule has 0 radical (unpaired) electrons. The topological polar surface area (TPSA) is 22.1 Å². The lowest BCUT2D eigenvalue weighted by Crippen LogP contribution is -1.81. The Bertz CT molecular complexity index is 531. The van der Waals surface area contributed by atoms with Crippen LogP contribution in [0.4, 0.5) is 0 Å². The van der Waals surface area contributed by atoms with Crippen molar-refractivity contribution < 1.29 is 4.74 Å². The van der Waals surface area contributed by atoms with E-state index < -0.39 is 0 Å². The minimum atomic E-state index is 0.669. The van der Waals surface area contributed by atoms with E-state index in [-0.39, 0.29) is 0 Å². The van der Waals surface area contributed by atoms with Crippen LogP contribution in [0.5, 0.6) is 0 Å². The Morgan fingerprint density at radius 2 is 2.06 bits per heavy atom. The van der Waals surface area contributed by atoms with Crippen LogP contribution in [-0.2, 0) is 11.3 Å². The van der Waals surface area contributed by atoms with E-state index in [0.29, 0.717) is 6.61 Å². The third kappa shape index (κ3) is 1.58. The highest BCUT2D eigenvalue weighted by Crippen LogP contribution is 2.30. The highest BCUT2D eigenvalue weighted by atomic mass is 16.5. The molecule has 0 atom stereocenters. The van der Waals surface area contributed by atoms with Crippen molar-refractivity contribution in [3.63, 3.8) is 0 Å². The van der Waals surface area contributed by atoms with Gasteiger partial charge in [0, 0.05) is 23.5 Å². The van der Waals surface area contributed by atoms with Crippen LogP contribution in [0.25, 0.3) is 11.8 Å². The summed E-state index contributed by atoms with van der Waals surface area (Å²) in [5, 5.41) is 0. The summed E-state index contributed by atoms with van der Waals surface area (Å²) in [5.41, 5.74) is 3.50. The highest BCUT2D eigenvalue weighted by Gasteiger charge is 2.16. The van der Waals surface area contributed by atoms with E-state index in [0.717, 1.165) is 11.3 Å². The second-order valence-electron chi connectivity index (χ2n) is 3.74. The van der Waals surface area contributed by atoms with E-state index in [2.05, 4.69) is 17.1 Å². The summed E-state index contributed by atoms with van der Waals surface area (Å²) < 4.78 is 5.66. The molecule has 78 valence electrons. The summed E-state index contributed by atoms with van der Waals surface area (Å²) in [7, 11) is 0. The summed E-state index contributed by atoms with van der Waals surface area (Å²) in [6.45, 7) is 0.669. The van der Waals surface area contributed by atoms with Gasteiger partial charge in [-0.1, -0.05) is 30.3 Å². The molecule has 1 aromatic heterocycles. The number of benzene rings is 1. The lowest BCUT2D eigenvalue weighted by molar-refractivity contribution is 0.287. The molecule has 0 spiro atoms. The number of pyridine rings is 1. The maximum absolute atomic E-state index is 5.66. The number of fused-ring (bicyclic) bond motifs is 1. The minimum absolute atomic E-state index is 0.669. The van der Waals surface area contributed by atoms with Gasteiger partial charge in [0.05, 0.1) is 0 Å². The molecule has 2 nitrogen and oxygen atoms in total. The second kappa shape index (κ2) is 3.81. The Balaban J connectivity index is 2.02. The first-order valence-electron chi connectivity index (χ1n) is 5.26. The number of ether oxygens (including phenoxy) is 1. The van der Waals surface area contributed by atoms with E-state index in [9.17, 15) is 0 Å².